The number of rotatable bonds is 10. The van der Waals surface area contributed by atoms with Gasteiger partial charge >= 0.3 is 12.6 Å². The van der Waals surface area contributed by atoms with Crippen molar-refractivity contribution in [1.82, 2.24) is 14.8 Å². The summed E-state index contributed by atoms with van der Waals surface area (Å²) in [7, 11) is 0. The number of allylic oxidation sites excluding steroid dienone is 1. The third-order valence-corrected chi connectivity index (χ3v) is 5.21. The molecule has 0 aliphatic carbocycles. The molecule has 0 fully saturated rings. The van der Waals surface area contributed by atoms with E-state index in [1.54, 1.807) is 6.92 Å². The second kappa shape index (κ2) is 10.6. The standard InChI is InChI=1S/C21H25ClF2N4O3/c1-3-4-5-6-7-10-30-19(29)17-13(2)27-21-25-12-26-28(21)18(17)15-11-14(22)8-9-16(15)31-20(23)24/h8-9,11-12,18,20H,3-7,10H2,1-2H3,(H,25,26,27). The third-order valence-electron chi connectivity index (χ3n) is 4.98. The lowest BCUT2D eigenvalue weighted by Crippen LogP contribution is -2.30. The maximum absolute atomic E-state index is 13.0. The fraction of sp³-hybridized carbons (Fsp3) is 0.476. The van der Waals surface area contributed by atoms with Gasteiger partial charge in [-0.2, -0.15) is 18.9 Å². The van der Waals surface area contributed by atoms with Crippen LogP contribution in [0.5, 0.6) is 5.75 Å². The van der Waals surface area contributed by atoms with Crippen molar-refractivity contribution in [2.24, 2.45) is 0 Å². The van der Waals surface area contributed by atoms with Gasteiger partial charge in [0, 0.05) is 16.3 Å². The maximum atomic E-state index is 13.0. The Bertz CT molecular complexity index is 948. The van der Waals surface area contributed by atoms with Crippen LogP contribution in [0.4, 0.5) is 14.7 Å². The van der Waals surface area contributed by atoms with Crippen LogP contribution in [0.1, 0.15) is 57.6 Å². The van der Waals surface area contributed by atoms with E-state index in [2.05, 4.69) is 22.3 Å². The molecule has 1 aliphatic rings. The van der Waals surface area contributed by atoms with E-state index in [4.69, 9.17) is 21.1 Å². The van der Waals surface area contributed by atoms with Crippen LogP contribution in [-0.4, -0.2) is 34.0 Å². The first-order valence-corrected chi connectivity index (χ1v) is 10.6. The summed E-state index contributed by atoms with van der Waals surface area (Å²) < 4.78 is 37.7. The molecule has 1 aromatic carbocycles. The van der Waals surface area contributed by atoms with Crippen LogP contribution < -0.4 is 10.1 Å². The lowest BCUT2D eigenvalue weighted by atomic mass is 9.95. The zero-order valence-electron chi connectivity index (χ0n) is 17.4. The van der Waals surface area contributed by atoms with Crippen LogP contribution in [-0.2, 0) is 9.53 Å². The summed E-state index contributed by atoms with van der Waals surface area (Å²) in [5.74, 6) is -0.304. The van der Waals surface area contributed by atoms with Gasteiger partial charge in [-0.15, -0.1) is 0 Å². The Morgan fingerprint density at radius 2 is 2.06 bits per heavy atom. The zero-order chi connectivity index (χ0) is 22.4. The van der Waals surface area contributed by atoms with Crippen molar-refractivity contribution < 1.29 is 23.0 Å². The van der Waals surface area contributed by atoms with E-state index < -0.39 is 18.6 Å². The van der Waals surface area contributed by atoms with Gasteiger partial charge in [0.25, 0.3) is 0 Å². The second-order valence-corrected chi connectivity index (χ2v) is 7.64. The summed E-state index contributed by atoms with van der Waals surface area (Å²) in [6.07, 6.45) is 6.38. The fourth-order valence-electron chi connectivity index (χ4n) is 3.53. The number of alkyl halides is 2. The van der Waals surface area contributed by atoms with Gasteiger partial charge in [-0.05, 0) is 31.5 Å². The minimum atomic E-state index is -3.04. The van der Waals surface area contributed by atoms with Crippen molar-refractivity contribution in [2.45, 2.75) is 58.6 Å². The highest BCUT2D eigenvalue weighted by atomic mass is 35.5. The molecule has 31 heavy (non-hydrogen) atoms. The molecular weight excluding hydrogens is 430 g/mol. The second-order valence-electron chi connectivity index (χ2n) is 7.21. The zero-order valence-corrected chi connectivity index (χ0v) is 18.2. The highest BCUT2D eigenvalue weighted by molar-refractivity contribution is 6.30. The molecule has 0 saturated heterocycles. The number of carbonyl (C=O) groups excluding carboxylic acids is 1. The first kappa shape index (κ1) is 23.0. The van der Waals surface area contributed by atoms with Crippen LogP contribution >= 0.6 is 11.6 Å². The molecule has 1 unspecified atom stereocenters. The number of fused-ring (bicyclic) bond motifs is 1. The lowest BCUT2D eigenvalue weighted by molar-refractivity contribution is -0.139. The molecule has 0 saturated carbocycles. The summed E-state index contributed by atoms with van der Waals surface area (Å²) in [6.45, 7) is 1.06. The lowest BCUT2D eigenvalue weighted by Gasteiger charge is -2.29. The molecule has 3 rings (SSSR count). The van der Waals surface area contributed by atoms with E-state index in [9.17, 15) is 13.6 Å². The number of esters is 1. The number of unbranched alkanes of at least 4 members (excludes halogenated alkanes) is 4. The quantitative estimate of drug-likeness (QED) is 0.386. The molecule has 1 atom stereocenters. The largest absolute Gasteiger partial charge is 0.462 e. The average molecular weight is 455 g/mol. The number of hydrogen-bond acceptors (Lipinski definition) is 6. The van der Waals surface area contributed by atoms with Crippen molar-refractivity contribution in [3.05, 3.63) is 46.4 Å². The number of ether oxygens (including phenoxy) is 2. The summed E-state index contributed by atoms with van der Waals surface area (Å²) in [6, 6.07) is 3.37. The number of carbonyl (C=O) groups is 1. The Hall–Kier alpha value is -2.68. The van der Waals surface area contributed by atoms with E-state index >= 15 is 0 Å². The number of hydrogen-bond donors (Lipinski definition) is 1. The molecule has 1 N–H and O–H groups in total. The van der Waals surface area contributed by atoms with Crippen LogP contribution in [0.2, 0.25) is 5.02 Å². The number of aromatic nitrogens is 3. The van der Waals surface area contributed by atoms with Crippen LogP contribution in [0, 0.1) is 0 Å². The molecule has 0 spiro atoms. The van der Waals surface area contributed by atoms with Gasteiger partial charge in [0.2, 0.25) is 5.95 Å². The van der Waals surface area contributed by atoms with Crippen molar-refractivity contribution in [3.63, 3.8) is 0 Å². The van der Waals surface area contributed by atoms with Crippen LogP contribution in [0.15, 0.2) is 35.8 Å². The molecule has 168 valence electrons. The molecule has 10 heteroatoms. The Labute approximate surface area is 184 Å². The molecule has 7 nitrogen and oxygen atoms in total. The first-order chi connectivity index (χ1) is 14.9. The van der Waals surface area contributed by atoms with Crippen LogP contribution in [0.3, 0.4) is 0 Å². The minimum absolute atomic E-state index is 0.106. The smallest absolute Gasteiger partial charge is 0.387 e. The molecule has 2 heterocycles. The maximum Gasteiger partial charge on any atom is 0.387 e. The summed E-state index contributed by atoms with van der Waals surface area (Å²) in [5.41, 5.74) is 0.979. The van der Waals surface area contributed by atoms with E-state index in [-0.39, 0.29) is 23.5 Å². The monoisotopic (exact) mass is 454 g/mol. The van der Waals surface area contributed by atoms with E-state index in [1.807, 2.05) is 0 Å². The molecule has 0 bridgehead atoms. The van der Waals surface area contributed by atoms with E-state index in [0.29, 0.717) is 16.7 Å². The number of benzene rings is 1. The Morgan fingerprint density at radius 1 is 1.29 bits per heavy atom. The van der Waals surface area contributed by atoms with Gasteiger partial charge in [0.15, 0.2) is 0 Å². The number of halogens is 3. The van der Waals surface area contributed by atoms with Gasteiger partial charge in [-0.3, -0.25) is 0 Å². The highest BCUT2D eigenvalue weighted by Gasteiger charge is 2.36. The predicted molar refractivity (Wildman–Crippen MR) is 112 cm³/mol. The molecule has 0 radical (unpaired) electrons. The molecule has 1 aromatic heterocycles. The minimum Gasteiger partial charge on any atom is -0.462 e. The summed E-state index contributed by atoms with van der Waals surface area (Å²) in [5, 5.41) is 7.49. The number of anilines is 1. The summed E-state index contributed by atoms with van der Waals surface area (Å²) in [4.78, 5) is 17.2. The Kier molecular flexibility index (Phi) is 7.84. The topological polar surface area (TPSA) is 78.3 Å². The van der Waals surface area contributed by atoms with Crippen molar-refractivity contribution in [2.75, 3.05) is 11.9 Å². The Morgan fingerprint density at radius 3 is 2.81 bits per heavy atom. The van der Waals surface area contributed by atoms with E-state index in [0.717, 1.165) is 32.1 Å². The molecule has 2 aromatic rings. The predicted octanol–water partition coefficient (Wildman–Crippen LogP) is 5.34. The molecular formula is C21H25ClF2N4O3. The van der Waals surface area contributed by atoms with Gasteiger partial charge < -0.3 is 14.8 Å². The van der Waals surface area contributed by atoms with Crippen LogP contribution in [0.25, 0.3) is 0 Å². The third kappa shape index (κ3) is 5.52. The van der Waals surface area contributed by atoms with Gasteiger partial charge in [-0.1, -0.05) is 44.2 Å². The Balaban J connectivity index is 1.91. The SMILES string of the molecule is CCCCCCCOC(=O)C1=C(C)Nc2ncnn2C1c1cc(Cl)ccc1OC(F)F. The summed E-state index contributed by atoms with van der Waals surface area (Å²) >= 11 is 6.15. The number of nitrogens with one attached hydrogen (secondary N) is 1. The van der Waals surface area contributed by atoms with Crippen molar-refractivity contribution in [3.8, 4) is 5.75 Å². The average Bonchev–Trinajstić information content (AvgIpc) is 3.18. The fourth-order valence-corrected chi connectivity index (χ4v) is 3.71. The molecule has 0 amide bonds. The highest BCUT2D eigenvalue weighted by Crippen LogP contribution is 2.40. The van der Waals surface area contributed by atoms with Gasteiger partial charge in [0.05, 0.1) is 12.2 Å². The molecule has 1 aliphatic heterocycles. The van der Waals surface area contributed by atoms with E-state index in [1.165, 1.54) is 29.2 Å². The normalized spacial score (nSPS) is 15.6. The number of nitrogens with zero attached hydrogens (tertiary/aromatic N) is 3. The van der Waals surface area contributed by atoms with Gasteiger partial charge in [-0.25, -0.2) is 9.48 Å². The van der Waals surface area contributed by atoms with Crippen molar-refractivity contribution in [1.29, 1.82) is 0 Å². The van der Waals surface area contributed by atoms with Gasteiger partial charge in [0.1, 0.15) is 18.1 Å². The van der Waals surface area contributed by atoms with Crippen molar-refractivity contribution >= 4 is 23.5 Å². The first-order valence-electron chi connectivity index (χ1n) is 10.2.